The summed E-state index contributed by atoms with van der Waals surface area (Å²) in [6.45, 7) is 0. The van der Waals surface area contributed by atoms with E-state index in [1.165, 1.54) is 19.3 Å². The molecule has 0 N–H and O–H groups in total. The Labute approximate surface area is 83.4 Å². The number of rotatable bonds is 2. The predicted octanol–water partition coefficient (Wildman–Crippen LogP) is 1.75. The summed E-state index contributed by atoms with van der Waals surface area (Å²) >= 11 is 0. The fraction of sp³-hybridized carbons (Fsp3) is 0.667. The number of hydrogen-bond acceptors (Lipinski definition) is 2. The lowest BCUT2D eigenvalue weighted by molar-refractivity contribution is -0.114. The molecule has 3 aliphatic carbocycles. The summed E-state index contributed by atoms with van der Waals surface area (Å²) < 4.78 is 0. The van der Waals surface area contributed by atoms with Gasteiger partial charge in [-0.3, -0.25) is 4.79 Å². The third-order valence-corrected chi connectivity index (χ3v) is 4.47. The zero-order chi connectivity index (χ0) is 9.76. The third kappa shape index (κ3) is 0.819. The largest absolute Gasteiger partial charge is 0.302 e. The van der Waals surface area contributed by atoms with Gasteiger partial charge in [0, 0.05) is 5.57 Å². The molecule has 2 nitrogen and oxygen atoms in total. The van der Waals surface area contributed by atoms with Gasteiger partial charge in [0.15, 0.2) is 0 Å². The number of hydrogen-bond donors (Lipinski definition) is 0. The molecule has 0 spiro atoms. The van der Waals surface area contributed by atoms with Crippen molar-refractivity contribution in [1.29, 1.82) is 0 Å². The van der Waals surface area contributed by atoms with E-state index >= 15 is 0 Å². The van der Waals surface area contributed by atoms with Crippen LogP contribution in [-0.4, -0.2) is 12.6 Å². The molecule has 0 aromatic heterocycles. The fourth-order valence-corrected chi connectivity index (χ4v) is 3.63. The van der Waals surface area contributed by atoms with Crippen molar-refractivity contribution in [2.45, 2.75) is 25.7 Å². The molecule has 2 fully saturated rings. The van der Waals surface area contributed by atoms with Crippen LogP contribution in [0.4, 0.5) is 0 Å². The van der Waals surface area contributed by atoms with E-state index in [2.05, 4.69) is 6.08 Å². The maximum atomic E-state index is 11.1. The molecule has 0 radical (unpaired) electrons. The summed E-state index contributed by atoms with van der Waals surface area (Å²) in [4.78, 5) is 22.0. The predicted molar refractivity (Wildman–Crippen MR) is 51.6 cm³/mol. The van der Waals surface area contributed by atoms with Crippen molar-refractivity contribution in [2.24, 2.45) is 23.2 Å². The molecule has 4 atom stereocenters. The number of carbonyl (C=O) groups excluding carboxylic acids is 2. The third-order valence-electron chi connectivity index (χ3n) is 4.47. The topological polar surface area (TPSA) is 34.1 Å². The molecule has 0 unspecified atom stereocenters. The van der Waals surface area contributed by atoms with Crippen molar-refractivity contribution in [1.82, 2.24) is 0 Å². The highest BCUT2D eigenvalue weighted by molar-refractivity contribution is 5.88. The zero-order valence-electron chi connectivity index (χ0n) is 8.11. The van der Waals surface area contributed by atoms with Gasteiger partial charge >= 0.3 is 0 Å². The van der Waals surface area contributed by atoms with Crippen molar-refractivity contribution >= 4 is 12.6 Å². The number of carbonyl (C=O) groups is 2. The van der Waals surface area contributed by atoms with Gasteiger partial charge in [0.05, 0.1) is 5.41 Å². The SMILES string of the molecule is O=CC1=C[C@@H]2CCC[C@@H]2[C@H]2C[C@@]12C=O. The van der Waals surface area contributed by atoms with Gasteiger partial charge < -0.3 is 4.79 Å². The van der Waals surface area contributed by atoms with Gasteiger partial charge in [-0.15, -0.1) is 0 Å². The molecule has 0 amide bonds. The van der Waals surface area contributed by atoms with E-state index in [0.717, 1.165) is 24.6 Å². The molecule has 74 valence electrons. The molecule has 2 heteroatoms. The van der Waals surface area contributed by atoms with Crippen LogP contribution in [0.25, 0.3) is 0 Å². The van der Waals surface area contributed by atoms with Gasteiger partial charge in [0.25, 0.3) is 0 Å². The zero-order valence-corrected chi connectivity index (χ0v) is 8.11. The lowest BCUT2D eigenvalue weighted by Crippen LogP contribution is -2.24. The molecule has 3 aliphatic rings. The molecule has 0 aromatic rings. The van der Waals surface area contributed by atoms with Crippen molar-refractivity contribution in [3.05, 3.63) is 11.6 Å². The van der Waals surface area contributed by atoms with Crippen LogP contribution in [0.2, 0.25) is 0 Å². The van der Waals surface area contributed by atoms with Crippen LogP contribution in [-0.2, 0) is 9.59 Å². The average molecular weight is 190 g/mol. The molecule has 3 rings (SSSR count). The van der Waals surface area contributed by atoms with E-state index in [9.17, 15) is 9.59 Å². The average Bonchev–Trinajstić information content (AvgIpc) is 2.80. The molecule has 0 aromatic carbocycles. The van der Waals surface area contributed by atoms with Crippen LogP contribution >= 0.6 is 0 Å². The summed E-state index contributed by atoms with van der Waals surface area (Å²) in [6, 6.07) is 0. The molecule has 0 heterocycles. The summed E-state index contributed by atoms with van der Waals surface area (Å²) in [6.07, 6.45) is 8.69. The first-order chi connectivity index (χ1) is 6.81. The summed E-state index contributed by atoms with van der Waals surface area (Å²) in [5, 5.41) is 0. The monoisotopic (exact) mass is 190 g/mol. The minimum absolute atomic E-state index is 0.340. The summed E-state index contributed by atoms with van der Waals surface area (Å²) in [5.41, 5.74) is 0.438. The summed E-state index contributed by atoms with van der Waals surface area (Å²) in [7, 11) is 0. The Kier molecular flexibility index (Phi) is 1.53. The number of aldehydes is 2. The van der Waals surface area contributed by atoms with Gasteiger partial charge in [-0.25, -0.2) is 0 Å². The van der Waals surface area contributed by atoms with E-state index in [4.69, 9.17) is 0 Å². The van der Waals surface area contributed by atoms with Gasteiger partial charge in [-0.05, 0) is 37.0 Å². The minimum Gasteiger partial charge on any atom is -0.302 e. The Morgan fingerprint density at radius 1 is 1.36 bits per heavy atom. The van der Waals surface area contributed by atoms with Crippen molar-refractivity contribution < 1.29 is 9.59 Å². The van der Waals surface area contributed by atoms with Gasteiger partial charge in [-0.1, -0.05) is 12.5 Å². The van der Waals surface area contributed by atoms with E-state index in [1.54, 1.807) is 0 Å². The second-order valence-electron chi connectivity index (χ2n) is 4.97. The van der Waals surface area contributed by atoms with Crippen LogP contribution < -0.4 is 0 Å². The van der Waals surface area contributed by atoms with Crippen LogP contribution in [0.1, 0.15) is 25.7 Å². The van der Waals surface area contributed by atoms with Gasteiger partial charge in [0.1, 0.15) is 12.6 Å². The van der Waals surface area contributed by atoms with E-state index in [0.29, 0.717) is 17.8 Å². The first-order valence-corrected chi connectivity index (χ1v) is 5.45. The van der Waals surface area contributed by atoms with Crippen molar-refractivity contribution in [3.8, 4) is 0 Å². The van der Waals surface area contributed by atoms with Gasteiger partial charge in [-0.2, -0.15) is 0 Å². The second-order valence-corrected chi connectivity index (χ2v) is 4.97. The lowest BCUT2D eigenvalue weighted by Gasteiger charge is -2.25. The van der Waals surface area contributed by atoms with Crippen molar-refractivity contribution in [2.75, 3.05) is 0 Å². The van der Waals surface area contributed by atoms with Crippen LogP contribution in [0.5, 0.6) is 0 Å². The highest BCUT2D eigenvalue weighted by Gasteiger charge is 2.63. The number of allylic oxidation sites excluding steroid dienone is 2. The normalized spacial score (nSPS) is 48.9. The Bertz CT molecular complexity index is 331. The van der Waals surface area contributed by atoms with E-state index < -0.39 is 0 Å². The smallest absolute Gasteiger partial charge is 0.146 e. The molecule has 0 aliphatic heterocycles. The molecule has 0 saturated heterocycles. The molecule has 14 heavy (non-hydrogen) atoms. The standard InChI is InChI=1S/C12H14O2/c13-6-9-4-8-2-1-3-10(8)11-5-12(9,11)7-14/h4,6-8,10-11H,1-3,5H2/t8-,10-,11+,12+/m0/s1. The molecule has 0 bridgehead atoms. The molecular formula is C12H14O2. The van der Waals surface area contributed by atoms with Crippen LogP contribution in [0.3, 0.4) is 0 Å². The minimum atomic E-state index is -0.340. The Morgan fingerprint density at radius 3 is 2.93 bits per heavy atom. The second kappa shape index (κ2) is 2.56. The van der Waals surface area contributed by atoms with Crippen LogP contribution in [0.15, 0.2) is 11.6 Å². The van der Waals surface area contributed by atoms with Crippen molar-refractivity contribution in [3.63, 3.8) is 0 Å². The summed E-state index contributed by atoms with van der Waals surface area (Å²) in [5.74, 6) is 1.79. The lowest BCUT2D eigenvalue weighted by atomic mass is 9.77. The maximum absolute atomic E-state index is 11.1. The van der Waals surface area contributed by atoms with E-state index in [1.807, 2.05) is 0 Å². The Hall–Kier alpha value is -0.920. The quantitative estimate of drug-likeness (QED) is 0.622. The van der Waals surface area contributed by atoms with E-state index in [-0.39, 0.29) is 5.41 Å². The highest BCUT2D eigenvalue weighted by Crippen LogP contribution is 2.66. The Morgan fingerprint density at radius 2 is 2.21 bits per heavy atom. The number of fused-ring (bicyclic) bond motifs is 3. The molecule has 2 saturated carbocycles. The van der Waals surface area contributed by atoms with Crippen LogP contribution in [0, 0.1) is 23.2 Å². The fourth-order valence-electron chi connectivity index (χ4n) is 3.63. The first-order valence-electron chi connectivity index (χ1n) is 5.45. The Balaban J connectivity index is 2.03. The first kappa shape index (κ1) is 8.39. The van der Waals surface area contributed by atoms with Gasteiger partial charge in [0.2, 0.25) is 0 Å². The molecular weight excluding hydrogens is 176 g/mol. The maximum Gasteiger partial charge on any atom is 0.146 e. The highest BCUT2D eigenvalue weighted by atomic mass is 16.1.